The molecule has 6 heteroatoms. The van der Waals surface area contributed by atoms with Crippen molar-refractivity contribution in [3.63, 3.8) is 0 Å². The van der Waals surface area contributed by atoms with E-state index in [9.17, 15) is 4.79 Å². The first-order valence-electron chi connectivity index (χ1n) is 11.7. The standard InChI is InChI=1S/C28H35ClN4O/c1-5-7-8-17-33(4)18-9-16-31-28(34)21(3)10-11-22(6-2)12-15-25-26-19-24(29)14-13-23(26)20-32-27(25)30/h6,10-11,13-14,19-20H,3,5,7-9,16-18H2,1-2,4H3,(H2,30,32)(H,31,34)/b11-10-,22-6+. The third-order valence-corrected chi connectivity index (χ3v) is 5.66. The molecule has 0 spiro atoms. The lowest BCUT2D eigenvalue weighted by atomic mass is 10.1. The first-order valence-corrected chi connectivity index (χ1v) is 12.1. The van der Waals surface area contributed by atoms with Gasteiger partial charge in [0, 0.05) is 39.7 Å². The van der Waals surface area contributed by atoms with E-state index >= 15 is 0 Å². The topological polar surface area (TPSA) is 71.2 Å². The van der Waals surface area contributed by atoms with Crippen molar-refractivity contribution in [1.29, 1.82) is 0 Å². The Labute approximate surface area is 208 Å². The summed E-state index contributed by atoms with van der Waals surface area (Å²) >= 11 is 6.15. The summed E-state index contributed by atoms with van der Waals surface area (Å²) in [6, 6.07) is 5.53. The maximum Gasteiger partial charge on any atom is 0.250 e. The minimum Gasteiger partial charge on any atom is -0.383 e. The number of carbonyl (C=O) groups is 1. The molecular weight excluding hydrogens is 444 g/mol. The van der Waals surface area contributed by atoms with Gasteiger partial charge in [0.2, 0.25) is 0 Å². The van der Waals surface area contributed by atoms with Crippen LogP contribution in [0.15, 0.2) is 60.3 Å². The number of amides is 1. The van der Waals surface area contributed by atoms with Gasteiger partial charge >= 0.3 is 0 Å². The van der Waals surface area contributed by atoms with Crippen LogP contribution in [0, 0.1) is 11.8 Å². The van der Waals surface area contributed by atoms with Crippen molar-refractivity contribution in [2.24, 2.45) is 0 Å². The molecule has 1 aromatic heterocycles. The van der Waals surface area contributed by atoms with Gasteiger partial charge in [0.15, 0.2) is 0 Å². The summed E-state index contributed by atoms with van der Waals surface area (Å²) in [5, 5.41) is 5.31. The summed E-state index contributed by atoms with van der Waals surface area (Å²) in [5.41, 5.74) is 7.82. The van der Waals surface area contributed by atoms with E-state index in [0.29, 0.717) is 28.5 Å². The lowest BCUT2D eigenvalue weighted by Gasteiger charge is -2.16. The Bertz CT molecular complexity index is 1120. The zero-order valence-corrected chi connectivity index (χ0v) is 21.2. The average Bonchev–Trinajstić information content (AvgIpc) is 2.82. The Morgan fingerprint density at radius 3 is 2.76 bits per heavy atom. The number of nitrogens with one attached hydrogen (secondary N) is 1. The Balaban J connectivity index is 1.93. The number of benzene rings is 1. The number of unbranched alkanes of at least 4 members (excludes halogenated alkanes) is 2. The Morgan fingerprint density at radius 2 is 2.03 bits per heavy atom. The van der Waals surface area contributed by atoms with Gasteiger partial charge in [0.25, 0.3) is 5.91 Å². The van der Waals surface area contributed by atoms with Gasteiger partial charge in [0.05, 0.1) is 5.56 Å². The molecule has 0 atom stereocenters. The molecule has 0 aliphatic heterocycles. The minimum absolute atomic E-state index is 0.176. The lowest BCUT2D eigenvalue weighted by molar-refractivity contribution is -0.117. The first-order chi connectivity index (χ1) is 16.3. The second-order valence-corrected chi connectivity index (χ2v) is 8.66. The van der Waals surface area contributed by atoms with Crippen molar-refractivity contribution < 1.29 is 4.79 Å². The van der Waals surface area contributed by atoms with Crippen LogP contribution in [-0.2, 0) is 4.79 Å². The molecule has 1 heterocycles. The van der Waals surface area contributed by atoms with Crippen molar-refractivity contribution in [3.8, 4) is 11.8 Å². The summed E-state index contributed by atoms with van der Waals surface area (Å²) in [6.45, 7) is 10.6. The van der Waals surface area contributed by atoms with Crippen LogP contribution in [0.25, 0.3) is 10.8 Å². The van der Waals surface area contributed by atoms with E-state index < -0.39 is 0 Å². The molecular formula is C28H35ClN4O. The van der Waals surface area contributed by atoms with Gasteiger partial charge in [-0.1, -0.05) is 61.9 Å². The highest BCUT2D eigenvalue weighted by molar-refractivity contribution is 6.31. The van der Waals surface area contributed by atoms with Crippen LogP contribution in [-0.4, -0.2) is 42.5 Å². The molecule has 1 aromatic carbocycles. The van der Waals surface area contributed by atoms with Crippen LogP contribution in [0.5, 0.6) is 0 Å². The Morgan fingerprint density at radius 1 is 1.26 bits per heavy atom. The van der Waals surface area contributed by atoms with Crippen molar-refractivity contribution in [2.45, 2.75) is 39.5 Å². The fraction of sp³-hybridized carbons (Fsp3) is 0.357. The van der Waals surface area contributed by atoms with Crippen molar-refractivity contribution in [2.75, 3.05) is 32.4 Å². The summed E-state index contributed by atoms with van der Waals surface area (Å²) in [5.74, 6) is 6.38. The van der Waals surface area contributed by atoms with Crippen LogP contribution >= 0.6 is 11.6 Å². The van der Waals surface area contributed by atoms with E-state index in [1.54, 1.807) is 18.3 Å². The molecule has 1 amide bonds. The van der Waals surface area contributed by atoms with Crippen LogP contribution in [0.1, 0.15) is 45.1 Å². The van der Waals surface area contributed by atoms with Crippen LogP contribution in [0.4, 0.5) is 5.82 Å². The van der Waals surface area contributed by atoms with Gasteiger partial charge in [-0.2, -0.15) is 0 Å². The van der Waals surface area contributed by atoms with E-state index in [4.69, 9.17) is 17.3 Å². The highest BCUT2D eigenvalue weighted by atomic mass is 35.5. The van der Waals surface area contributed by atoms with Crippen LogP contribution in [0.3, 0.4) is 0 Å². The molecule has 0 saturated heterocycles. The molecule has 0 unspecified atom stereocenters. The summed E-state index contributed by atoms with van der Waals surface area (Å²) in [4.78, 5) is 18.9. The number of carbonyl (C=O) groups excluding carboxylic acids is 1. The normalized spacial score (nSPS) is 11.6. The molecule has 180 valence electrons. The van der Waals surface area contributed by atoms with Gasteiger partial charge in [-0.15, -0.1) is 0 Å². The summed E-state index contributed by atoms with van der Waals surface area (Å²) in [7, 11) is 2.12. The molecule has 2 rings (SSSR count). The lowest BCUT2D eigenvalue weighted by Crippen LogP contribution is -2.29. The van der Waals surface area contributed by atoms with Crippen molar-refractivity contribution >= 4 is 34.1 Å². The number of rotatable bonds is 11. The van der Waals surface area contributed by atoms with E-state index in [0.717, 1.165) is 35.9 Å². The minimum atomic E-state index is -0.176. The maximum atomic E-state index is 12.3. The molecule has 0 bridgehead atoms. The van der Waals surface area contributed by atoms with Gasteiger partial charge in [-0.25, -0.2) is 4.98 Å². The average molecular weight is 479 g/mol. The Hall–Kier alpha value is -3.07. The molecule has 2 aromatic rings. The largest absolute Gasteiger partial charge is 0.383 e. The molecule has 5 nitrogen and oxygen atoms in total. The second-order valence-electron chi connectivity index (χ2n) is 8.22. The molecule has 0 aliphatic rings. The quantitative estimate of drug-likeness (QED) is 0.193. The number of nitrogen functional groups attached to an aromatic ring is 1. The second kappa shape index (κ2) is 14.2. The van der Waals surface area contributed by atoms with Gasteiger partial charge < -0.3 is 16.0 Å². The number of hydrogen-bond donors (Lipinski definition) is 2. The fourth-order valence-electron chi connectivity index (χ4n) is 3.35. The van der Waals surface area contributed by atoms with Crippen molar-refractivity contribution in [3.05, 3.63) is 70.9 Å². The first kappa shape index (κ1) is 27.2. The maximum absolute atomic E-state index is 12.3. The third kappa shape index (κ3) is 8.70. The molecule has 0 fully saturated rings. The number of halogens is 1. The predicted molar refractivity (Wildman–Crippen MR) is 145 cm³/mol. The zero-order chi connectivity index (χ0) is 24.9. The molecule has 34 heavy (non-hydrogen) atoms. The van der Waals surface area contributed by atoms with Gasteiger partial charge in [-0.05, 0) is 64.2 Å². The number of aromatic nitrogens is 1. The molecule has 0 aliphatic carbocycles. The SMILES string of the molecule is C=C(/C=C\C(C#Cc1c(N)ncc2ccc(Cl)cc12)=C/C)C(=O)NCCCN(C)CCCCC. The smallest absolute Gasteiger partial charge is 0.250 e. The number of allylic oxidation sites excluding steroid dienone is 3. The Kier molecular flexibility index (Phi) is 11.4. The highest BCUT2D eigenvalue weighted by Crippen LogP contribution is 2.24. The molecule has 0 radical (unpaired) electrons. The van der Waals surface area contributed by atoms with Crippen molar-refractivity contribution in [1.82, 2.24) is 15.2 Å². The molecule has 0 saturated carbocycles. The van der Waals surface area contributed by atoms with E-state index in [-0.39, 0.29) is 5.91 Å². The fourth-order valence-corrected chi connectivity index (χ4v) is 3.52. The third-order valence-electron chi connectivity index (χ3n) is 5.43. The number of anilines is 1. The summed E-state index contributed by atoms with van der Waals surface area (Å²) < 4.78 is 0. The number of nitrogens with two attached hydrogens (primary N) is 1. The van der Waals surface area contributed by atoms with E-state index in [1.807, 2.05) is 31.2 Å². The zero-order valence-electron chi connectivity index (χ0n) is 20.5. The van der Waals surface area contributed by atoms with Gasteiger partial charge in [-0.3, -0.25) is 4.79 Å². The number of nitrogens with zero attached hydrogens (tertiary/aromatic N) is 2. The van der Waals surface area contributed by atoms with Crippen LogP contribution in [0.2, 0.25) is 5.02 Å². The molecule has 3 N–H and O–H groups in total. The van der Waals surface area contributed by atoms with Crippen LogP contribution < -0.4 is 11.1 Å². The number of hydrogen-bond acceptors (Lipinski definition) is 4. The summed E-state index contributed by atoms with van der Waals surface area (Å²) in [6.07, 6.45) is 11.6. The highest BCUT2D eigenvalue weighted by Gasteiger charge is 2.06. The monoisotopic (exact) mass is 478 g/mol. The number of fused-ring (bicyclic) bond motifs is 1. The predicted octanol–water partition coefficient (Wildman–Crippen LogP) is 5.51. The number of pyridine rings is 1. The van der Waals surface area contributed by atoms with E-state index in [2.05, 4.69) is 47.6 Å². The van der Waals surface area contributed by atoms with Gasteiger partial charge in [0.1, 0.15) is 5.82 Å². The van der Waals surface area contributed by atoms with E-state index in [1.165, 1.54) is 19.3 Å².